The summed E-state index contributed by atoms with van der Waals surface area (Å²) < 4.78 is 5.16. The van der Waals surface area contributed by atoms with Gasteiger partial charge in [-0.05, 0) is 20.0 Å². The molecule has 0 saturated heterocycles. The molecule has 0 aliphatic heterocycles. The van der Waals surface area contributed by atoms with Gasteiger partial charge in [0, 0.05) is 17.5 Å². The third kappa shape index (κ3) is 3.01. The molecule has 0 amide bonds. The molecule has 0 bridgehead atoms. The van der Waals surface area contributed by atoms with Crippen molar-refractivity contribution in [1.82, 2.24) is 15.5 Å². The molecule has 1 aromatic heterocycles. The van der Waals surface area contributed by atoms with Crippen LogP contribution < -0.4 is 5.32 Å². The van der Waals surface area contributed by atoms with Crippen LogP contribution in [0.3, 0.4) is 0 Å². The summed E-state index contributed by atoms with van der Waals surface area (Å²) in [5.41, 5.74) is 1.49. The Balaban J connectivity index is 2.06. The van der Waals surface area contributed by atoms with E-state index in [0.29, 0.717) is 17.3 Å². The Morgan fingerprint density at radius 2 is 2.11 bits per heavy atom. The van der Waals surface area contributed by atoms with Gasteiger partial charge in [0.1, 0.15) is 6.29 Å². The summed E-state index contributed by atoms with van der Waals surface area (Å²) >= 11 is 0. The average molecular weight is 245 g/mol. The van der Waals surface area contributed by atoms with Crippen molar-refractivity contribution >= 4 is 6.29 Å². The van der Waals surface area contributed by atoms with E-state index in [-0.39, 0.29) is 0 Å². The number of carbonyl (C=O) groups is 1. The van der Waals surface area contributed by atoms with E-state index in [1.165, 1.54) is 0 Å². The molecule has 0 radical (unpaired) electrons. The first kappa shape index (κ1) is 12.4. The second kappa shape index (κ2) is 6.07. The zero-order valence-corrected chi connectivity index (χ0v) is 10.2. The Morgan fingerprint density at radius 3 is 2.78 bits per heavy atom. The molecule has 0 spiro atoms. The van der Waals surface area contributed by atoms with Gasteiger partial charge in [-0.15, -0.1) is 0 Å². The zero-order chi connectivity index (χ0) is 12.8. The third-order valence-corrected chi connectivity index (χ3v) is 2.59. The number of nitrogens with zero attached hydrogens (tertiary/aromatic N) is 2. The first-order valence-electron chi connectivity index (χ1n) is 5.86. The van der Waals surface area contributed by atoms with Crippen molar-refractivity contribution in [3.63, 3.8) is 0 Å². The fraction of sp³-hybridized carbons (Fsp3) is 0.308. The summed E-state index contributed by atoms with van der Waals surface area (Å²) in [6, 6.07) is 7.09. The van der Waals surface area contributed by atoms with Crippen molar-refractivity contribution in [2.45, 2.75) is 12.8 Å². The van der Waals surface area contributed by atoms with Crippen LogP contribution in [0.2, 0.25) is 0 Å². The molecule has 0 aliphatic carbocycles. The van der Waals surface area contributed by atoms with E-state index in [9.17, 15) is 4.79 Å². The summed E-state index contributed by atoms with van der Waals surface area (Å²) in [5, 5.41) is 6.99. The molecule has 0 saturated carbocycles. The van der Waals surface area contributed by atoms with Gasteiger partial charge < -0.3 is 9.84 Å². The number of aromatic nitrogens is 2. The van der Waals surface area contributed by atoms with Gasteiger partial charge in [0.2, 0.25) is 11.7 Å². The van der Waals surface area contributed by atoms with E-state index in [0.717, 1.165) is 31.2 Å². The van der Waals surface area contributed by atoms with Gasteiger partial charge in [0.05, 0.1) is 0 Å². The molecule has 1 heterocycles. The maximum Gasteiger partial charge on any atom is 0.227 e. The molecule has 1 N–H and O–H groups in total. The van der Waals surface area contributed by atoms with Crippen molar-refractivity contribution < 1.29 is 9.32 Å². The van der Waals surface area contributed by atoms with Crippen LogP contribution in [0, 0.1) is 0 Å². The topological polar surface area (TPSA) is 68.0 Å². The number of carbonyl (C=O) groups excluding carboxylic acids is 1. The van der Waals surface area contributed by atoms with Crippen molar-refractivity contribution in [2.75, 3.05) is 13.6 Å². The maximum absolute atomic E-state index is 10.5. The van der Waals surface area contributed by atoms with Crippen molar-refractivity contribution in [2.24, 2.45) is 0 Å². The van der Waals surface area contributed by atoms with Gasteiger partial charge in [0.15, 0.2) is 0 Å². The number of aldehydes is 1. The molecule has 5 heteroatoms. The standard InChI is InChI=1S/C13H15N3O2/c1-14-8-2-3-12-15-13(16-18-12)11-6-4-10(9-17)5-7-11/h4-7,9,14H,2-3,8H2,1H3. The van der Waals surface area contributed by atoms with E-state index in [1.807, 2.05) is 19.2 Å². The zero-order valence-electron chi connectivity index (χ0n) is 10.2. The van der Waals surface area contributed by atoms with Crippen LogP contribution in [0.1, 0.15) is 22.7 Å². The van der Waals surface area contributed by atoms with Crippen LogP contribution in [-0.2, 0) is 6.42 Å². The molecule has 2 aromatic rings. The van der Waals surface area contributed by atoms with E-state index in [1.54, 1.807) is 12.1 Å². The van der Waals surface area contributed by atoms with E-state index < -0.39 is 0 Å². The molecule has 94 valence electrons. The Hall–Kier alpha value is -2.01. The van der Waals surface area contributed by atoms with Gasteiger partial charge >= 0.3 is 0 Å². The lowest BCUT2D eigenvalue weighted by atomic mass is 10.1. The van der Waals surface area contributed by atoms with E-state index >= 15 is 0 Å². The Labute approximate surface area is 105 Å². The Kier molecular flexibility index (Phi) is 4.20. The van der Waals surface area contributed by atoms with Gasteiger partial charge in [-0.2, -0.15) is 4.98 Å². The Morgan fingerprint density at radius 1 is 1.33 bits per heavy atom. The molecule has 2 rings (SSSR count). The smallest absolute Gasteiger partial charge is 0.227 e. The minimum absolute atomic E-state index is 0.562. The normalized spacial score (nSPS) is 10.5. The van der Waals surface area contributed by atoms with Gasteiger partial charge in [-0.1, -0.05) is 29.4 Å². The molecular weight excluding hydrogens is 230 g/mol. The second-order valence-corrected chi connectivity index (χ2v) is 3.96. The van der Waals surface area contributed by atoms with Gasteiger partial charge in [0.25, 0.3) is 0 Å². The lowest BCUT2D eigenvalue weighted by molar-refractivity contribution is 0.112. The van der Waals surface area contributed by atoms with Gasteiger partial charge in [-0.25, -0.2) is 0 Å². The third-order valence-electron chi connectivity index (χ3n) is 2.59. The molecular formula is C13H15N3O2. The van der Waals surface area contributed by atoms with Crippen LogP contribution in [-0.4, -0.2) is 30.0 Å². The minimum Gasteiger partial charge on any atom is -0.339 e. The highest BCUT2D eigenvalue weighted by atomic mass is 16.5. The molecule has 0 fully saturated rings. The second-order valence-electron chi connectivity index (χ2n) is 3.96. The van der Waals surface area contributed by atoms with Crippen molar-refractivity contribution in [1.29, 1.82) is 0 Å². The SMILES string of the molecule is CNCCCc1nc(-c2ccc(C=O)cc2)no1. The largest absolute Gasteiger partial charge is 0.339 e. The molecule has 0 atom stereocenters. The summed E-state index contributed by atoms with van der Waals surface area (Å²) in [6.45, 7) is 0.922. The van der Waals surface area contributed by atoms with Crippen LogP contribution >= 0.6 is 0 Å². The highest BCUT2D eigenvalue weighted by molar-refractivity contribution is 5.76. The number of rotatable bonds is 6. The minimum atomic E-state index is 0.562. The molecule has 0 aliphatic rings. The summed E-state index contributed by atoms with van der Waals surface area (Å²) in [5.74, 6) is 1.20. The van der Waals surface area contributed by atoms with E-state index in [2.05, 4.69) is 15.5 Å². The maximum atomic E-state index is 10.5. The number of benzene rings is 1. The fourth-order valence-corrected chi connectivity index (χ4v) is 1.60. The first-order valence-corrected chi connectivity index (χ1v) is 5.86. The predicted molar refractivity (Wildman–Crippen MR) is 67.4 cm³/mol. The summed E-state index contributed by atoms with van der Waals surface area (Å²) in [6.07, 6.45) is 2.53. The summed E-state index contributed by atoms with van der Waals surface area (Å²) in [7, 11) is 1.91. The average Bonchev–Trinajstić information content (AvgIpc) is 2.88. The quantitative estimate of drug-likeness (QED) is 0.619. The lowest BCUT2D eigenvalue weighted by Crippen LogP contribution is -2.08. The van der Waals surface area contributed by atoms with Crippen LogP contribution in [0.4, 0.5) is 0 Å². The van der Waals surface area contributed by atoms with Crippen LogP contribution in [0.15, 0.2) is 28.8 Å². The van der Waals surface area contributed by atoms with Crippen molar-refractivity contribution in [3.05, 3.63) is 35.7 Å². The first-order chi connectivity index (χ1) is 8.83. The monoisotopic (exact) mass is 245 g/mol. The molecule has 5 nitrogen and oxygen atoms in total. The predicted octanol–water partition coefficient (Wildman–Crippen LogP) is 1.70. The molecule has 0 unspecified atom stereocenters. The summed E-state index contributed by atoms with van der Waals surface area (Å²) in [4.78, 5) is 14.9. The number of hydrogen-bond acceptors (Lipinski definition) is 5. The molecule has 18 heavy (non-hydrogen) atoms. The van der Waals surface area contributed by atoms with Gasteiger partial charge in [-0.3, -0.25) is 4.79 Å². The Bertz CT molecular complexity index is 505. The van der Waals surface area contributed by atoms with Crippen molar-refractivity contribution in [3.8, 4) is 11.4 Å². The van der Waals surface area contributed by atoms with E-state index in [4.69, 9.17) is 4.52 Å². The lowest BCUT2D eigenvalue weighted by Gasteiger charge is -1.94. The highest BCUT2D eigenvalue weighted by Crippen LogP contribution is 2.16. The fourth-order valence-electron chi connectivity index (χ4n) is 1.60. The number of aryl methyl sites for hydroxylation is 1. The van der Waals surface area contributed by atoms with Crippen LogP contribution in [0.25, 0.3) is 11.4 Å². The molecule has 1 aromatic carbocycles. The van der Waals surface area contributed by atoms with Crippen LogP contribution in [0.5, 0.6) is 0 Å². The number of nitrogens with one attached hydrogen (secondary N) is 1. The highest BCUT2D eigenvalue weighted by Gasteiger charge is 2.07. The number of hydrogen-bond donors (Lipinski definition) is 1.